The van der Waals surface area contributed by atoms with Gasteiger partial charge in [0, 0.05) is 16.8 Å². The van der Waals surface area contributed by atoms with Crippen LogP contribution in [0.2, 0.25) is 0 Å². The summed E-state index contributed by atoms with van der Waals surface area (Å²) in [5.74, 6) is 0.260. The van der Waals surface area contributed by atoms with Crippen LogP contribution in [0, 0.1) is 11.3 Å². The molecule has 1 aromatic heterocycles. The van der Waals surface area contributed by atoms with Crippen LogP contribution >= 0.6 is 27.7 Å². The highest BCUT2D eigenvalue weighted by atomic mass is 79.9. The second kappa shape index (κ2) is 7.94. The van der Waals surface area contributed by atoms with Crippen molar-refractivity contribution in [1.82, 2.24) is 14.9 Å². The van der Waals surface area contributed by atoms with Crippen molar-refractivity contribution in [2.45, 2.75) is 25.0 Å². The van der Waals surface area contributed by atoms with Gasteiger partial charge < -0.3 is 5.32 Å². The first kappa shape index (κ1) is 18.5. The number of nitrogens with one attached hydrogen (secondary N) is 1. The summed E-state index contributed by atoms with van der Waals surface area (Å²) >= 11 is 4.92. The number of fused-ring (bicyclic) bond motifs is 1. The lowest BCUT2D eigenvalue weighted by atomic mass is 10.0. The van der Waals surface area contributed by atoms with Crippen LogP contribution in [0.15, 0.2) is 52.4 Å². The molecule has 0 aliphatic rings. The maximum absolute atomic E-state index is 12.0. The summed E-state index contributed by atoms with van der Waals surface area (Å²) in [7, 11) is 0. The first-order valence-electron chi connectivity index (χ1n) is 8.09. The second-order valence-corrected chi connectivity index (χ2v) is 7.75. The van der Waals surface area contributed by atoms with Gasteiger partial charge in [0.05, 0.1) is 29.3 Å². The second-order valence-electron chi connectivity index (χ2n) is 6.00. The van der Waals surface area contributed by atoms with Gasteiger partial charge in [-0.15, -0.1) is 0 Å². The topological polar surface area (TPSA) is 70.7 Å². The van der Waals surface area contributed by atoms with Gasteiger partial charge in [0.2, 0.25) is 5.91 Å². The maximum atomic E-state index is 12.0. The van der Waals surface area contributed by atoms with Crippen LogP contribution < -0.4 is 5.32 Å². The normalized spacial score (nSPS) is 10.9. The van der Waals surface area contributed by atoms with Crippen molar-refractivity contribution >= 4 is 44.4 Å². The third-order valence-corrected chi connectivity index (χ3v) is 5.24. The molecule has 0 atom stereocenters. The lowest BCUT2D eigenvalue weighted by molar-refractivity contribution is -0.119. The molecule has 2 aromatic carbocycles. The SMILES string of the molecule is CC(C)NC(=O)CSc1ncc(Br)n1-c1ccc(C#N)c2ccccc12. The fourth-order valence-corrected chi connectivity index (χ4v) is 4.08. The van der Waals surface area contributed by atoms with E-state index >= 15 is 0 Å². The molecule has 132 valence electrons. The van der Waals surface area contributed by atoms with Gasteiger partial charge in [-0.1, -0.05) is 36.0 Å². The van der Waals surface area contributed by atoms with E-state index in [1.54, 1.807) is 6.20 Å². The summed E-state index contributed by atoms with van der Waals surface area (Å²) < 4.78 is 2.75. The van der Waals surface area contributed by atoms with Gasteiger partial charge in [0.25, 0.3) is 0 Å². The average Bonchev–Trinajstić information content (AvgIpc) is 2.99. The first-order chi connectivity index (χ1) is 12.5. The van der Waals surface area contributed by atoms with Gasteiger partial charge in [-0.25, -0.2) is 4.98 Å². The molecule has 0 unspecified atom stereocenters. The lowest BCUT2D eigenvalue weighted by Gasteiger charge is -2.13. The van der Waals surface area contributed by atoms with E-state index in [9.17, 15) is 10.1 Å². The summed E-state index contributed by atoms with van der Waals surface area (Å²) in [6.07, 6.45) is 1.72. The number of nitriles is 1. The number of aromatic nitrogens is 2. The molecular weight excluding hydrogens is 412 g/mol. The summed E-state index contributed by atoms with van der Waals surface area (Å²) in [6.45, 7) is 3.87. The van der Waals surface area contributed by atoms with E-state index < -0.39 is 0 Å². The Morgan fingerprint density at radius 2 is 2.04 bits per heavy atom. The van der Waals surface area contributed by atoms with E-state index in [2.05, 4.69) is 32.3 Å². The Morgan fingerprint density at radius 1 is 1.31 bits per heavy atom. The molecule has 7 heteroatoms. The van der Waals surface area contributed by atoms with Crippen molar-refractivity contribution in [1.29, 1.82) is 5.26 Å². The molecule has 0 bridgehead atoms. The summed E-state index contributed by atoms with van der Waals surface area (Å²) in [4.78, 5) is 16.4. The highest BCUT2D eigenvalue weighted by molar-refractivity contribution is 9.10. The van der Waals surface area contributed by atoms with Crippen LogP contribution in [-0.4, -0.2) is 27.3 Å². The van der Waals surface area contributed by atoms with Crippen molar-refractivity contribution < 1.29 is 4.79 Å². The molecule has 0 radical (unpaired) electrons. The van der Waals surface area contributed by atoms with E-state index in [1.807, 2.05) is 54.8 Å². The quantitative estimate of drug-likeness (QED) is 0.615. The maximum Gasteiger partial charge on any atom is 0.230 e. The van der Waals surface area contributed by atoms with E-state index in [0.717, 1.165) is 21.1 Å². The highest BCUT2D eigenvalue weighted by Gasteiger charge is 2.16. The van der Waals surface area contributed by atoms with Crippen molar-refractivity contribution in [3.8, 4) is 11.8 Å². The smallest absolute Gasteiger partial charge is 0.230 e. The number of hydrogen-bond donors (Lipinski definition) is 1. The number of nitrogens with zero attached hydrogens (tertiary/aromatic N) is 3. The minimum atomic E-state index is -0.0274. The molecule has 0 aliphatic carbocycles. The molecule has 3 rings (SSSR count). The molecule has 0 spiro atoms. The van der Waals surface area contributed by atoms with Crippen molar-refractivity contribution in [2.75, 3.05) is 5.75 Å². The zero-order chi connectivity index (χ0) is 18.7. The van der Waals surface area contributed by atoms with E-state index in [0.29, 0.717) is 10.7 Å². The molecule has 3 aromatic rings. The minimum Gasteiger partial charge on any atom is -0.353 e. The highest BCUT2D eigenvalue weighted by Crippen LogP contribution is 2.32. The molecule has 5 nitrogen and oxygen atoms in total. The standard InChI is InChI=1S/C19H17BrN4OS/c1-12(2)23-18(25)11-26-19-22-10-17(20)24(19)16-8-7-13(9-21)14-5-3-4-6-15(14)16/h3-8,10,12H,11H2,1-2H3,(H,23,25). The number of amides is 1. The number of carbonyl (C=O) groups is 1. The van der Waals surface area contributed by atoms with Crippen molar-refractivity contribution in [3.05, 3.63) is 52.8 Å². The predicted octanol–water partition coefficient (Wildman–Crippen LogP) is 4.28. The number of hydrogen-bond acceptors (Lipinski definition) is 4. The summed E-state index contributed by atoms with van der Waals surface area (Å²) in [5.41, 5.74) is 1.54. The Morgan fingerprint density at radius 3 is 2.73 bits per heavy atom. The lowest BCUT2D eigenvalue weighted by Crippen LogP contribution is -2.31. The Kier molecular flexibility index (Phi) is 5.64. The number of carbonyl (C=O) groups excluding carboxylic acids is 1. The number of benzene rings is 2. The van der Waals surface area contributed by atoms with Crippen LogP contribution in [0.5, 0.6) is 0 Å². The van der Waals surface area contributed by atoms with E-state index in [1.165, 1.54) is 11.8 Å². The fourth-order valence-electron chi connectivity index (χ4n) is 2.70. The van der Waals surface area contributed by atoms with E-state index in [4.69, 9.17) is 0 Å². The van der Waals surface area contributed by atoms with Crippen LogP contribution in [0.1, 0.15) is 19.4 Å². The minimum absolute atomic E-state index is 0.0274. The fraction of sp³-hybridized carbons (Fsp3) is 0.211. The number of rotatable bonds is 5. The Bertz CT molecular complexity index is 1010. The number of halogens is 1. The molecule has 0 aliphatic heterocycles. The van der Waals surface area contributed by atoms with Gasteiger partial charge in [0.15, 0.2) is 5.16 Å². The van der Waals surface area contributed by atoms with Crippen LogP contribution in [0.4, 0.5) is 0 Å². The van der Waals surface area contributed by atoms with Crippen LogP contribution in [0.3, 0.4) is 0 Å². The van der Waals surface area contributed by atoms with Gasteiger partial charge in [-0.05, 0) is 41.9 Å². The third kappa shape index (κ3) is 3.76. The average molecular weight is 429 g/mol. The van der Waals surface area contributed by atoms with Gasteiger partial charge in [0.1, 0.15) is 4.60 Å². The van der Waals surface area contributed by atoms with E-state index in [-0.39, 0.29) is 17.7 Å². The first-order valence-corrected chi connectivity index (χ1v) is 9.86. The van der Waals surface area contributed by atoms with Gasteiger partial charge >= 0.3 is 0 Å². The largest absolute Gasteiger partial charge is 0.353 e. The Labute approximate surface area is 164 Å². The monoisotopic (exact) mass is 428 g/mol. The summed E-state index contributed by atoms with van der Waals surface area (Å²) in [6, 6.07) is 13.8. The molecule has 1 N–H and O–H groups in total. The van der Waals surface area contributed by atoms with Gasteiger partial charge in [-0.2, -0.15) is 5.26 Å². The van der Waals surface area contributed by atoms with Crippen molar-refractivity contribution in [2.24, 2.45) is 0 Å². The molecule has 1 heterocycles. The Hall–Kier alpha value is -2.30. The van der Waals surface area contributed by atoms with Gasteiger partial charge in [-0.3, -0.25) is 9.36 Å². The number of thioether (sulfide) groups is 1. The molecule has 0 saturated heterocycles. The zero-order valence-electron chi connectivity index (χ0n) is 14.4. The predicted molar refractivity (Wildman–Crippen MR) is 107 cm³/mol. The molecule has 1 amide bonds. The Balaban J connectivity index is 2.01. The summed E-state index contributed by atoms with van der Waals surface area (Å²) in [5, 5.41) is 14.8. The zero-order valence-corrected chi connectivity index (χ0v) is 16.8. The van der Waals surface area contributed by atoms with Crippen LogP contribution in [0.25, 0.3) is 16.5 Å². The molecule has 26 heavy (non-hydrogen) atoms. The molecule has 0 saturated carbocycles. The molecule has 0 fully saturated rings. The number of imidazole rings is 1. The van der Waals surface area contributed by atoms with Crippen molar-refractivity contribution in [3.63, 3.8) is 0 Å². The third-order valence-electron chi connectivity index (χ3n) is 3.73. The van der Waals surface area contributed by atoms with Crippen LogP contribution in [-0.2, 0) is 4.79 Å². The molecular formula is C19H17BrN4OS.